The van der Waals surface area contributed by atoms with Gasteiger partial charge in [-0.15, -0.1) is 17.8 Å². The second kappa shape index (κ2) is 7.17. The predicted octanol–water partition coefficient (Wildman–Crippen LogP) is 2.07. The number of nitrogens with zero attached hydrogens (tertiary/aromatic N) is 1. The van der Waals surface area contributed by atoms with Crippen molar-refractivity contribution in [2.75, 3.05) is 19.7 Å². The lowest BCUT2D eigenvalue weighted by molar-refractivity contribution is 0.0799. The van der Waals surface area contributed by atoms with Gasteiger partial charge in [0.25, 0.3) is 0 Å². The third kappa shape index (κ3) is 4.27. The van der Waals surface area contributed by atoms with Crippen LogP contribution in [0, 0.1) is 12.3 Å². The van der Waals surface area contributed by atoms with Crippen LogP contribution in [0.2, 0.25) is 0 Å². The highest BCUT2D eigenvalue weighted by atomic mass is 32.1. The SMILES string of the molecule is C#CCNC(=O)N(Cc1cccs1)C[C@H]1CCCO1. The highest BCUT2D eigenvalue weighted by molar-refractivity contribution is 7.09. The number of terminal acetylenes is 1. The number of hydrogen-bond acceptors (Lipinski definition) is 3. The van der Waals surface area contributed by atoms with Gasteiger partial charge in [0, 0.05) is 18.0 Å². The van der Waals surface area contributed by atoms with Crippen molar-refractivity contribution in [2.45, 2.75) is 25.5 Å². The lowest BCUT2D eigenvalue weighted by atomic mass is 10.2. The van der Waals surface area contributed by atoms with E-state index in [-0.39, 0.29) is 18.7 Å². The number of ether oxygens (including phenoxy) is 1. The fourth-order valence-electron chi connectivity index (χ4n) is 2.08. The zero-order chi connectivity index (χ0) is 13.5. The molecule has 0 saturated carbocycles. The number of urea groups is 1. The average molecular weight is 278 g/mol. The average Bonchev–Trinajstić information content (AvgIpc) is 3.08. The standard InChI is InChI=1S/C14H18N2O2S/c1-2-7-15-14(17)16(10-12-5-3-8-18-12)11-13-6-4-9-19-13/h1,4,6,9,12H,3,5,7-8,10-11H2,(H,15,17)/t12-/m1/s1. The smallest absolute Gasteiger partial charge is 0.318 e. The van der Waals surface area contributed by atoms with Crippen LogP contribution in [0.15, 0.2) is 17.5 Å². The van der Waals surface area contributed by atoms with Gasteiger partial charge in [-0.2, -0.15) is 0 Å². The molecule has 1 aromatic rings. The van der Waals surface area contributed by atoms with Crippen molar-refractivity contribution in [1.82, 2.24) is 10.2 Å². The van der Waals surface area contributed by atoms with Gasteiger partial charge in [0.2, 0.25) is 0 Å². The first-order valence-corrected chi connectivity index (χ1v) is 7.28. The highest BCUT2D eigenvalue weighted by Crippen LogP contribution is 2.17. The van der Waals surface area contributed by atoms with Crippen LogP contribution < -0.4 is 5.32 Å². The molecule has 1 fully saturated rings. The highest BCUT2D eigenvalue weighted by Gasteiger charge is 2.22. The maximum Gasteiger partial charge on any atom is 0.318 e. The van der Waals surface area contributed by atoms with Gasteiger partial charge in [-0.05, 0) is 24.3 Å². The monoisotopic (exact) mass is 278 g/mol. The second-order valence-corrected chi connectivity index (χ2v) is 5.49. The Morgan fingerprint density at radius 1 is 1.68 bits per heavy atom. The zero-order valence-corrected chi connectivity index (χ0v) is 11.6. The van der Waals surface area contributed by atoms with Crippen molar-refractivity contribution < 1.29 is 9.53 Å². The molecule has 1 aliphatic rings. The maximum atomic E-state index is 12.1. The van der Waals surface area contributed by atoms with Crippen LogP contribution in [0.1, 0.15) is 17.7 Å². The van der Waals surface area contributed by atoms with E-state index in [1.807, 2.05) is 17.5 Å². The number of hydrogen-bond donors (Lipinski definition) is 1. The predicted molar refractivity (Wildman–Crippen MR) is 75.9 cm³/mol. The molecule has 0 spiro atoms. The molecule has 19 heavy (non-hydrogen) atoms. The van der Waals surface area contributed by atoms with Crippen LogP contribution in [-0.2, 0) is 11.3 Å². The topological polar surface area (TPSA) is 41.6 Å². The number of carbonyl (C=O) groups is 1. The molecule has 1 saturated heterocycles. The van der Waals surface area contributed by atoms with Gasteiger partial charge in [0.05, 0.1) is 19.2 Å². The van der Waals surface area contributed by atoms with Gasteiger partial charge < -0.3 is 15.0 Å². The molecule has 102 valence electrons. The lowest BCUT2D eigenvalue weighted by Crippen LogP contribution is -2.43. The first-order chi connectivity index (χ1) is 9.29. The number of nitrogens with one attached hydrogen (secondary N) is 1. The van der Waals surface area contributed by atoms with E-state index in [0.29, 0.717) is 13.1 Å². The maximum absolute atomic E-state index is 12.1. The lowest BCUT2D eigenvalue weighted by Gasteiger charge is -2.24. The van der Waals surface area contributed by atoms with Crippen molar-refractivity contribution in [2.24, 2.45) is 0 Å². The van der Waals surface area contributed by atoms with E-state index in [4.69, 9.17) is 11.2 Å². The molecule has 2 heterocycles. The van der Waals surface area contributed by atoms with Crippen LogP contribution in [0.4, 0.5) is 4.79 Å². The van der Waals surface area contributed by atoms with E-state index >= 15 is 0 Å². The fourth-order valence-corrected chi connectivity index (χ4v) is 2.80. The van der Waals surface area contributed by atoms with E-state index in [1.165, 1.54) is 0 Å². The molecule has 2 rings (SSSR count). The largest absolute Gasteiger partial charge is 0.376 e. The summed E-state index contributed by atoms with van der Waals surface area (Å²) in [5.74, 6) is 2.42. The Bertz CT molecular complexity index is 433. The Labute approximate surface area is 117 Å². The van der Waals surface area contributed by atoms with Crippen molar-refractivity contribution >= 4 is 17.4 Å². The molecule has 0 aromatic carbocycles. The van der Waals surface area contributed by atoms with Crippen LogP contribution in [0.3, 0.4) is 0 Å². The Morgan fingerprint density at radius 3 is 3.21 bits per heavy atom. The first-order valence-electron chi connectivity index (χ1n) is 6.40. The zero-order valence-electron chi connectivity index (χ0n) is 10.8. The molecule has 1 aromatic heterocycles. The minimum atomic E-state index is -0.123. The van der Waals surface area contributed by atoms with Gasteiger partial charge in [0.15, 0.2) is 0 Å². The normalized spacial score (nSPS) is 17.9. The van der Waals surface area contributed by atoms with Gasteiger partial charge >= 0.3 is 6.03 Å². The van der Waals surface area contributed by atoms with E-state index in [2.05, 4.69) is 11.2 Å². The van der Waals surface area contributed by atoms with E-state index in [0.717, 1.165) is 24.3 Å². The van der Waals surface area contributed by atoms with Gasteiger partial charge in [0.1, 0.15) is 0 Å². The molecular weight excluding hydrogens is 260 g/mol. The van der Waals surface area contributed by atoms with E-state index < -0.39 is 0 Å². The molecule has 1 atom stereocenters. The molecule has 0 bridgehead atoms. The summed E-state index contributed by atoms with van der Waals surface area (Å²) in [6.45, 7) is 2.27. The summed E-state index contributed by atoms with van der Waals surface area (Å²) in [4.78, 5) is 15.0. The van der Waals surface area contributed by atoms with Crippen molar-refractivity contribution in [3.05, 3.63) is 22.4 Å². The molecule has 2 amide bonds. The van der Waals surface area contributed by atoms with Crippen LogP contribution in [0.5, 0.6) is 0 Å². The van der Waals surface area contributed by atoms with Gasteiger partial charge in [-0.3, -0.25) is 0 Å². The van der Waals surface area contributed by atoms with Crippen LogP contribution >= 0.6 is 11.3 Å². The second-order valence-electron chi connectivity index (χ2n) is 4.46. The summed E-state index contributed by atoms with van der Waals surface area (Å²) in [5, 5.41) is 4.73. The summed E-state index contributed by atoms with van der Waals surface area (Å²) in [5.41, 5.74) is 0. The summed E-state index contributed by atoms with van der Waals surface area (Å²) in [6, 6.07) is 3.90. The molecule has 1 N–H and O–H groups in total. The number of carbonyl (C=O) groups excluding carboxylic acids is 1. The number of amides is 2. The third-order valence-electron chi connectivity index (χ3n) is 3.00. The van der Waals surface area contributed by atoms with Gasteiger partial charge in [-0.1, -0.05) is 12.0 Å². The first kappa shape index (κ1) is 13.9. The quantitative estimate of drug-likeness (QED) is 0.838. The van der Waals surface area contributed by atoms with Crippen molar-refractivity contribution in [3.8, 4) is 12.3 Å². The van der Waals surface area contributed by atoms with Crippen LogP contribution in [0.25, 0.3) is 0 Å². The van der Waals surface area contributed by atoms with E-state index in [9.17, 15) is 4.79 Å². The van der Waals surface area contributed by atoms with Crippen molar-refractivity contribution in [3.63, 3.8) is 0 Å². The third-order valence-corrected chi connectivity index (χ3v) is 3.86. The summed E-state index contributed by atoms with van der Waals surface area (Å²) in [6.07, 6.45) is 7.41. The molecule has 1 aliphatic heterocycles. The van der Waals surface area contributed by atoms with Crippen LogP contribution in [-0.4, -0.2) is 36.7 Å². The molecule has 0 radical (unpaired) electrons. The van der Waals surface area contributed by atoms with E-state index in [1.54, 1.807) is 16.2 Å². The summed E-state index contributed by atoms with van der Waals surface area (Å²) < 4.78 is 5.60. The Kier molecular flexibility index (Phi) is 5.25. The Balaban J connectivity index is 1.95. The fraction of sp³-hybridized carbons (Fsp3) is 0.500. The minimum absolute atomic E-state index is 0.123. The summed E-state index contributed by atoms with van der Waals surface area (Å²) in [7, 11) is 0. The molecular formula is C14H18N2O2S. The minimum Gasteiger partial charge on any atom is -0.376 e. The number of rotatable bonds is 5. The Morgan fingerprint density at radius 2 is 2.58 bits per heavy atom. The molecule has 5 heteroatoms. The molecule has 0 aliphatic carbocycles. The molecule has 4 nitrogen and oxygen atoms in total. The van der Waals surface area contributed by atoms with Crippen molar-refractivity contribution in [1.29, 1.82) is 0 Å². The van der Waals surface area contributed by atoms with Gasteiger partial charge in [-0.25, -0.2) is 4.79 Å². The summed E-state index contributed by atoms with van der Waals surface area (Å²) >= 11 is 1.65. The Hall–Kier alpha value is -1.51. The molecule has 0 unspecified atom stereocenters. The number of thiophene rings is 1.